The van der Waals surface area contributed by atoms with Crippen molar-refractivity contribution >= 4 is 16.8 Å². The number of H-pyrrole nitrogens is 1. The van der Waals surface area contributed by atoms with Crippen molar-refractivity contribution in [3.63, 3.8) is 0 Å². The van der Waals surface area contributed by atoms with E-state index in [-0.39, 0.29) is 23.5 Å². The van der Waals surface area contributed by atoms with Crippen molar-refractivity contribution in [2.24, 2.45) is 5.41 Å². The molecule has 5 nitrogen and oxygen atoms in total. The van der Waals surface area contributed by atoms with Gasteiger partial charge in [-0.1, -0.05) is 18.2 Å². The quantitative estimate of drug-likeness (QED) is 0.910. The second kappa shape index (κ2) is 5.90. The van der Waals surface area contributed by atoms with Gasteiger partial charge in [-0.15, -0.1) is 0 Å². The highest BCUT2D eigenvalue weighted by Crippen LogP contribution is 2.51. The van der Waals surface area contributed by atoms with Gasteiger partial charge in [-0.05, 0) is 25.8 Å². The zero-order chi connectivity index (χ0) is 16.7. The normalized spacial score (nSPS) is 25.8. The van der Waals surface area contributed by atoms with Crippen molar-refractivity contribution in [2.45, 2.75) is 38.4 Å². The van der Waals surface area contributed by atoms with Gasteiger partial charge < -0.3 is 19.7 Å². The Bertz CT molecular complexity index is 744. The van der Waals surface area contributed by atoms with Crippen LogP contribution in [0.3, 0.4) is 0 Å². The lowest BCUT2D eigenvalue weighted by Gasteiger charge is -2.56. The molecule has 1 aliphatic heterocycles. The monoisotopic (exact) mass is 328 g/mol. The Hall–Kier alpha value is -1.85. The highest BCUT2D eigenvalue weighted by atomic mass is 16.5. The van der Waals surface area contributed by atoms with Gasteiger partial charge in [0.25, 0.3) is 5.91 Å². The Morgan fingerprint density at radius 2 is 2.12 bits per heavy atom. The molecule has 2 aromatic rings. The van der Waals surface area contributed by atoms with Crippen molar-refractivity contribution in [3.8, 4) is 0 Å². The maximum Gasteiger partial charge on any atom is 0.256 e. The zero-order valence-electron chi connectivity index (χ0n) is 14.0. The molecular formula is C19H24N2O3. The van der Waals surface area contributed by atoms with E-state index in [0.717, 1.165) is 35.7 Å². The van der Waals surface area contributed by atoms with Crippen molar-refractivity contribution in [3.05, 3.63) is 36.0 Å². The van der Waals surface area contributed by atoms with Crippen LogP contribution in [0.25, 0.3) is 10.9 Å². The van der Waals surface area contributed by atoms with Gasteiger partial charge in [0.15, 0.2) is 0 Å². The van der Waals surface area contributed by atoms with Crippen LogP contribution in [-0.4, -0.2) is 52.8 Å². The second-order valence-corrected chi connectivity index (χ2v) is 6.97. The Morgan fingerprint density at radius 3 is 2.83 bits per heavy atom. The molecule has 2 N–H and O–H groups in total. The third-order valence-corrected chi connectivity index (χ3v) is 5.91. The number of carbonyl (C=O) groups is 1. The van der Waals surface area contributed by atoms with Gasteiger partial charge in [-0.25, -0.2) is 0 Å². The van der Waals surface area contributed by atoms with E-state index in [4.69, 9.17) is 4.74 Å². The highest BCUT2D eigenvalue weighted by Gasteiger charge is 2.56. The Balaban J connectivity index is 1.49. The van der Waals surface area contributed by atoms with Gasteiger partial charge >= 0.3 is 0 Å². The summed E-state index contributed by atoms with van der Waals surface area (Å²) in [5.74, 6) is 0.0732. The zero-order valence-corrected chi connectivity index (χ0v) is 14.0. The molecule has 2 fully saturated rings. The van der Waals surface area contributed by atoms with Crippen LogP contribution in [0.5, 0.6) is 0 Å². The SMILES string of the molecule is CCO[C@@H]1C[C@H](O)C12CCN(C(=O)c1c[nH]c3ccccc13)CC2. The summed E-state index contributed by atoms with van der Waals surface area (Å²) in [4.78, 5) is 18.0. The number of aromatic amines is 1. The molecule has 24 heavy (non-hydrogen) atoms. The van der Waals surface area contributed by atoms with Crippen LogP contribution in [0.4, 0.5) is 0 Å². The lowest BCUT2D eigenvalue weighted by Crippen LogP contribution is -2.62. The third-order valence-electron chi connectivity index (χ3n) is 5.91. The number of fused-ring (bicyclic) bond motifs is 1. The molecule has 2 atom stereocenters. The predicted molar refractivity (Wildman–Crippen MR) is 91.9 cm³/mol. The van der Waals surface area contributed by atoms with E-state index in [1.807, 2.05) is 36.1 Å². The average Bonchev–Trinajstić information content (AvgIpc) is 3.05. The number of nitrogens with zero attached hydrogens (tertiary/aromatic N) is 1. The molecule has 4 rings (SSSR count). The number of aliphatic hydroxyl groups excluding tert-OH is 1. The standard InChI is InChI=1S/C19H24N2O3/c1-2-24-17-11-16(22)19(17)7-9-21(10-8-19)18(23)14-12-20-15-6-4-3-5-13(14)15/h3-6,12,16-17,20,22H,2,7-11H2,1H3/t16-,17+/m0/s1. The number of hydrogen-bond acceptors (Lipinski definition) is 3. The number of amides is 1. The minimum absolute atomic E-state index is 0.0732. The smallest absolute Gasteiger partial charge is 0.256 e. The van der Waals surface area contributed by atoms with Crippen molar-refractivity contribution in [2.75, 3.05) is 19.7 Å². The molecular weight excluding hydrogens is 304 g/mol. The number of carbonyl (C=O) groups excluding carboxylic acids is 1. The molecule has 1 aromatic heterocycles. The van der Waals surface area contributed by atoms with E-state index in [1.54, 1.807) is 6.20 Å². The molecule has 2 heterocycles. The summed E-state index contributed by atoms with van der Waals surface area (Å²) >= 11 is 0. The van der Waals surface area contributed by atoms with E-state index in [2.05, 4.69) is 4.98 Å². The number of ether oxygens (including phenoxy) is 1. The summed E-state index contributed by atoms with van der Waals surface area (Å²) < 4.78 is 5.80. The maximum absolute atomic E-state index is 12.9. The lowest BCUT2D eigenvalue weighted by atomic mass is 9.58. The number of rotatable bonds is 3. The van der Waals surface area contributed by atoms with Gasteiger partial charge in [-0.3, -0.25) is 4.79 Å². The summed E-state index contributed by atoms with van der Waals surface area (Å²) in [7, 11) is 0. The van der Waals surface area contributed by atoms with Gasteiger partial charge in [0.05, 0.1) is 17.8 Å². The number of piperidine rings is 1. The fourth-order valence-corrected chi connectivity index (χ4v) is 4.36. The molecule has 1 amide bonds. The van der Waals surface area contributed by atoms with Crippen LogP contribution in [-0.2, 0) is 4.74 Å². The van der Waals surface area contributed by atoms with Crippen LogP contribution in [0.2, 0.25) is 0 Å². The lowest BCUT2D eigenvalue weighted by molar-refractivity contribution is -0.207. The molecule has 1 saturated carbocycles. The molecule has 0 unspecified atom stereocenters. The van der Waals surface area contributed by atoms with Crippen molar-refractivity contribution in [1.82, 2.24) is 9.88 Å². The molecule has 1 aromatic carbocycles. The minimum atomic E-state index is -0.292. The summed E-state index contributed by atoms with van der Waals surface area (Å²) in [6.07, 6.45) is 4.00. The van der Waals surface area contributed by atoms with E-state index in [9.17, 15) is 9.90 Å². The summed E-state index contributed by atoms with van der Waals surface area (Å²) in [5.41, 5.74) is 1.57. The van der Waals surface area contributed by atoms with Gasteiger partial charge in [0, 0.05) is 48.6 Å². The first-order valence-corrected chi connectivity index (χ1v) is 8.81. The Kier molecular flexibility index (Phi) is 3.85. The number of likely N-dealkylation sites (tertiary alicyclic amines) is 1. The number of aliphatic hydroxyl groups is 1. The number of nitrogens with one attached hydrogen (secondary N) is 1. The fourth-order valence-electron chi connectivity index (χ4n) is 4.36. The molecule has 1 spiro atoms. The second-order valence-electron chi connectivity index (χ2n) is 6.97. The van der Waals surface area contributed by atoms with Crippen LogP contribution < -0.4 is 0 Å². The Labute approximate surface area is 141 Å². The largest absolute Gasteiger partial charge is 0.392 e. The molecule has 1 aliphatic carbocycles. The number of aromatic nitrogens is 1. The summed E-state index contributed by atoms with van der Waals surface area (Å²) in [6.45, 7) is 4.03. The van der Waals surface area contributed by atoms with E-state index in [0.29, 0.717) is 19.7 Å². The van der Waals surface area contributed by atoms with Crippen LogP contribution >= 0.6 is 0 Å². The molecule has 0 radical (unpaired) electrons. The van der Waals surface area contributed by atoms with Gasteiger partial charge in [0.2, 0.25) is 0 Å². The molecule has 5 heteroatoms. The third kappa shape index (κ3) is 2.26. The van der Waals surface area contributed by atoms with E-state index >= 15 is 0 Å². The van der Waals surface area contributed by atoms with Crippen molar-refractivity contribution in [1.29, 1.82) is 0 Å². The maximum atomic E-state index is 12.9. The predicted octanol–water partition coefficient (Wildman–Crippen LogP) is 2.56. The average molecular weight is 328 g/mol. The van der Waals surface area contributed by atoms with E-state index in [1.165, 1.54) is 0 Å². The molecule has 128 valence electrons. The topological polar surface area (TPSA) is 65.6 Å². The van der Waals surface area contributed by atoms with Gasteiger partial charge in [-0.2, -0.15) is 0 Å². The summed E-state index contributed by atoms with van der Waals surface area (Å²) in [5, 5.41) is 11.3. The van der Waals surface area contributed by atoms with Gasteiger partial charge in [0.1, 0.15) is 0 Å². The number of hydrogen-bond donors (Lipinski definition) is 2. The van der Waals surface area contributed by atoms with E-state index < -0.39 is 0 Å². The first-order chi connectivity index (χ1) is 11.7. The van der Waals surface area contributed by atoms with Crippen LogP contribution in [0, 0.1) is 5.41 Å². The van der Waals surface area contributed by atoms with Crippen LogP contribution in [0.15, 0.2) is 30.5 Å². The van der Waals surface area contributed by atoms with Crippen molar-refractivity contribution < 1.29 is 14.6 Å². The molecule has 2 aliphatic rings. The first kappa shape index (κ1) is 15.7. The Morgan fingerprint density at radius 1 is 1.38 bits per heavy atom. The minimum Gasteiger partial charge on any atom is -0.392 e. The van der Waals surface area contributed by atoms with Crippen LogP contribution in [0.1, 0.15) is 36.5 Å². The first-order valence-electron chi connectivity index (χ1n) is 8.81. The number of benzene rings is 1. The highest BCUT2D eigenvalue weighted by molar-refractivity contribution is 6.06. The number of para-hydroxylation sites is 1. The summed E-state index contributed by atoms with van der Waals surface area (Å²) in [6, 6.07) is 7.87. The fraction of sp³-hybridized carbons (Fsp3) is 0.526. The molecule has 1 saturated heterocycles. The molecule has 0 bridgehead atoms.